The monoisotopic (exact) mass is 577 g/mol. The maximum absolute atomic E-state index is 12.4. The molecular formula is C33H27N3O7. The van der Waals surface area contributed by atoms with Gasteiger partial charge >= 0.3 is 6.09 Å². The van der Waals surface area contributed by atoms with Crippen molar-refractivity contribution in [2.75, 3.05) is 26.6 Å². The van der Waals surface area contributed by atoms with Gasteiger partial charge in [0.1, 0.15) is 22.8 Å². The highest BCUT2D eigenvalue weighted by Crippen LogP contribution is 2.27. The van der Waals surface area contributed by atoms with Crippen molar-refractivity contribution in [2.45, 2.75) is 0 Å². The molecule has 0 aliphatic heterocycles. The van der Waals surface area contributed by atoms with E-state index in [1.165, 1.54) is 13.2 Å². The largest absolute Gasteiger partial charge is 0.497 e. The average Bonchev–Trinajstić information content (AvgIpc) is 3.46. The Kier molecular flexibility index (Phi) is 8.48. The predicted octanol–water partition coefficient (Wildman–Crippen LogP) is 6.45. The van der Waals surface area contributed by atoms with E-state index in [9.17, 15) is 14.4 Å². The van der Waals surface area contributed by atoms with Crippen molar-refractivity contribution in [3.05, 3.63) is 118 Å². The number of imidazole rings is 1. The van der Waals surface area contributed by atoms with Gasteiger partial charge in [-0.05, 0) is 42.5 Å². The Morgan fingerprint density at radius 2 is 1.56 bits per heavy atom. The zero-order chi connectivity index (χ0) is 30.3. The molecule has 0 aliphatic carbocycles. The maximum Gasteiger partial charge on any atom is 0.413 e. The summed E-state index contributed by atoms with van der Waals surface area (Å²) in [7, 11) is 4.44. The summed E-state index contributed by atoms with van der Waals surface area (Å²) in [4.78, 5) is 42.9. The van der Waals surface area contributed by atoms with Crippen LogP contribution in [-0.2, 0) is 4.74 Å². The molecule has 4 aromatic carbocycles. The van der Waals surface area contributed by atoms with Gasteiger partial charge in [-0.2, -0.15) is 0 Å². The molecule has 0 radical (unpaired) electrons. The molecule has 2 aromatic heterocycles. The van der Waals surface area contributed by atoms with E-state index in [0.717, 1.165) is 5.56 Å². The number of hydrogen-bond acceptors (Lipinski definition) is 8. The number of ether oxygens (including phenoxy) is 3. The van der Waals surface area contributed by atoms with Gasteiger partial charge in [-0.1, -0.05) is 42.5 Å². The van der Waals surface area contributed by atoms with E-state index in [0.29, 0.717) is 50.4 Å². The first-order chi connectivity index (χ1) is 20.9. The quantitative estimate of drug-likeness (QED) is 0.216. The summed E-state index contributed by atoms with van der Waals surface area (Å²) < 4.78 is 20.7. The Morgan fingerprint density at radius 3 is 2.30 bits per heavy atom. The highest BCUT2D eigenvalue weighted by molar-refractivity contribution is 6.10. The smallest absolute Gasteiger partial charge is 0.413 e. The summed E-state index contributed by atoms with van der Waals surface area (Å²) in [5.41, 5.74) is 3.68. The predicted molar refractivity (Wildman–Crippen MR) is 163 cm³/mol. The molecule has 0 saturated carbocycles. The fourth-order valence-electron chi connectivity index (χ4n) is 4.29. The fourth-order valence-corrected chi connectivity index (χ4v) is 4.29. The van der Waals surface area contributed by atoms with Crippen LogP contribution in [0, 0.1) is 0 Å². The van der Waals surface area contributed by atoms with Crippen LogP contribution in [0.5, 0.6) is 11.5 Å². The van der Waals surface area contributed by atoms with Crippen molar-refractivity contribution in [3.63, 3.8) is 0 Å². The SMILES string of the molecule is COC(=O)Nc1nc2ccc(C(=O)c3ccccc3)cc2[nH]1.COc1cccc(-c2cc(=O)c3ccc(OC)cc3o2)c1. The van der Waals surface area contributed by atoms with E-state index >= 15 is 0 Å². The van der Waals surface area contributed by atoms with Gasteiger partial charge in [-0.15, -0.1) is 0 Å². The number of methoxy groups -OCH3 is 3. The van der Waals surface area contributed by atoms with Crippen LogP contribution in [0.2, 0.25) is 0 Å². The van der Waals surface area contributed by atoms with E-state index < -0.39 is 6.09 Å². The highest BCUT2D eigenvalue weighted by atomic mass is 16.5. The second kappa shape index (κ2) is 12.7. The van der Waals surface area contributed by atoms with Crippen molar-refractivity contribution in [3.8, 4) is 22.8 Å². The number of hydrogen-bond donors (Lipinski definition) is 2. The number of amides is 1. The molecule has 0 fully saturated rings. The van der Waals surface area contributed by atoms with Gasteiger partial charge in [0, 0.05) is 28.8 Å². The van der Waals surface area contributed by atoms with Crippen molar-refractivity contribution < 1.29 is 28.2 Å². The molecule has 2 N–H and O–H groups in total. The molecule has 1 amide bonds. The lowest BCUT2D eigenvalue weighted by atomic mass is 10.0. The molecule has 0 atom stereocenters. The van der Waals surface area contributed by atoms with Gasteiger partial charge in [0.2, 0.25) is 5.95 Å². The highest BCUT2D eigenvalue weighted by Gasteiger charge is 2.12. The molecule has 0 aliphatic rings. The second-order valence-corrected chi connectivity index (χ2v) is 9.20. The zero-order valence-corrected chi connectivity index (χ0v) is 23.5. The van der Waals surface area contributed by atoms with Crippen LogP contribution in [0.4, 0.5) is 10.7 Å². The Balaban J connectivity index is 0.000000171. The van der Waals surface area contributed by atoms with E-state index in [1.807, 2.05) is 42.5 Å². The number of aromatic amines is 1. The standard InChI is InChI=1S/C17H14O4.C16H13N3O3/c1-19-12-5-3-4-11(8-12)16-10-15(18)14-7-6-13(20-2)9-17(14)21-16;1-22-16(21)19-15-17-12-8-7-11(9-13(12)18-15)14(20)10-5-3-2-4-6-10/h3-10H,1-2H3;2-9H,1H3,(H2,17,18,19,21). The van der Waals surface area contributed by atoms with Gasteiger partial charge in [0.25, 0.3) is 0 Å². The van der Waals surface area contributed by atoms with Crippen LogP contribution in [0.25, 0.3) is 33.3 Å². The number of carbonyl (C=O) groups excluding carboxylic acids is 2. The average molecular weight is 578 g/mol. The zero-order valence-electron chi connectivity index (χ0n) is 23.5. The van der Waals surface area contributed by atoms with Crippen molar-refractivity contribution >= 4 is 39.8 Å². The van der Waals surface area contributed by atoms with Crippen LogP contribution in [0.3, 0.4) is 0 Å². The number of rotatable bonds is 6. The number of anilines is 1. The third kappa shape index (κ3) is 6.54. The number of carbonyl (C=O) groups is 2. The Bertz CT molecular complexity index is 1980. The van der Waals surface area contributed by atoms with Gasteiger partial charge < -0.3 is 23.6 Å². The van der Waals surface area contributed by atoms with Crippen LogP contribution < -0.4 is 20.2 Å². The van der Waals surface area contributed by atoms with E-state index in [2.05, 4.69) is 20.0 Å². The van der Waals surface area contributed by atoms with Crippen molar-refractivity contribution in [1.29, 1.82) is 0 Å². The second-order valence-electron chi connectivity index (χ2n) is 9.20. The molecule has 0 spiro atoms. The number of aromatic nitrogens is 2. The number of nitrogens with one attached hydrogen (secondary N) is 2. The number of benzene rings is 4. The third-order valence-corrected chi connectivity index (χ3v) is 6.48. The van der Waals surface area contributed by atoms with Gasteiger partial charge in [-0.3, -0.25) is 14.9 Å². The Hall–Kier alpha value is -5.90. The first-order valence-electron chi connectivity index (χ1n) is 13.1. The molecule has 43 heavy (non-hydrogen) atoms. The summed E-state index contributed by atoms with van der Waals surface area (Å²) >= 11 is 0. The molecule has 2 heterocycles. The molecule has 10 heteroatoms. The lowest BCUT2D eigenvalue weighted by Gasteiger charge is -2.06. The maximum atomic E-state index is 12.4. The number of ketones is 1. The minimum absolute atomic E-state index is 0.0698. The molecule has 0 unspecified atom stereocenters. The summed E-state index contributed by atoms with van der Waals surface area (Å²) in [6, 6.07) is 28.2. The number of nitrogens with zero attached hydrogens (tertiary/aromatic N) is 1. The molecule has 6 aromatic rings. The van der Waals surface area contributed by atoms with Gasteiger partial charge in [0.05, 0.1) is 37.7 Å². The van der Waals surface area contributed by atoms with E-state index in [-0.39, 0.29) is 17.2 Å². The summed E-state index contributed by atoms with van der Waals surface area (Å²) in [5, 5.41) is 2.98. The van der Waals surface area contributed by atoms with Gasteiger partial charge in [0.15, 0.2) is 11.2 Å². The summed E-state index contributed by atoms with van der Waals surface area (Å²) in [6.07, 6.45) is -0.611. The summed E-state index contributed by atoms with van der Waals surface area (Å²) in [5.74, 6) is 2.06. The first-order valence-corrected chi connectivity index (χ1v) is 13.1. The normalized spacial score (nSPS) is 10.5. The lowest BCUT2D eigenvalue weighted by molar-refractivity contribution is 0.103. The Labute approximate surface area is 245 Å². The molecule has 0 saturated heterocycles. The van der Waals surface area contributed by atoms with Crippen LogP contribution in [0.15, 0.2) is 106 Å². The minimum atomic E-state index is -0.611. The number of H-pyrrole nitrogens is 1. The molecular weight excluding hydrogens is 550 g/mol. The lowest BCUT2D eigenvalue weighted by Crippen LogP contribution is -2.11. The fraction of sp³-hybridized carbons (Fsp3) is 0.0909. The Morgan fingerprint density at radius 1 is 0.791 bits per heavy atom. The van der Waals surface area contributed by atoms with Crippen molar-refractivity contribution in [2.24, 2.45) is 0 Å². The van der Waals surface area contributed by atoms with Crippen LogP contribution in [0.1, 0.15) is 15.9 Å². The molecule has 6 rings (SSSR count). The molecule has 0 bridgehead atoms. The molecule has 216 valence electrons. The summed E-state index contributed by atoms with van der Waals surface area (Å²) in [6.45, 7) is 0. The topological polar surface area (TPSA) is 133 Å². The van der Waals surface area contributed by atoms with Crippen LogP contribution in [-0.4, -0.2) is 43.2 Å². The first kappa shape index (κ1) is 28.6. The minimum Gasteiger partial charge on any atom is -0.497 e. The molecule has 10 nitrogen and oxygen atoms in total. The third-order valence-electron chi connectivity index (χ3n) is 6.48. The van der Waals surface area contributed by atoms with E-state index in [1.54, 1.807) is 62.8 Å². The van der Waals surface area contributed by atoms with Crippen LogP contribution >= 0.6 is 0 Å². The van der Waals surface area contributed by atoms with Gasteiger partial charge in [-0.25, -0.2) is 9.78 Å². The number of fused-ring (bicyclic) bond motifs is 2. The van der Waals surface area contributed by atoms with E-state index in [4.69, 9.17) is 13.9 Å². The van der Waals surface area contributed by atoms with Crippen molar-refractivity contribution in [1.82, 2.24) is 9.97 Å².